The van der Waals surface area contributed by atoms with E-state index in [0.29, 0.717) is 5.84 Å². The molecule has 4 nitrogen and oxygen atoms in total. The topological polar surface area (TPSA) is 67.5 Å². The Kier molecular flexibility index (Phi) is 4.33. The number of amides is 1. The predicted molar refractivity (Wildman–Crippen MR) is 50.0 cm³/mol. The molecule has 0 aliphatic carbocycles. The van der Waals surface area contributed by atoms with Gasteiger partial charge in [-0.25, -0.2) is 0 Å². The largest absolute Gasteiger partial charge is 0.388 e. The quantitative estimate of drug-likeness (QED) is 0.473. The van der Waals surface area contributed by atoms with Gasteiger partial charge in [0.2, 0.25) is 5.91 Å². The van der Waals surface area contributed by atoms with Crippen molar-refractivity contribution in [2.75, 3.05) is 0 Å². The zero-order valence-electron chi connectivity index (χ0n) is 8.09. The van der Waals surface area contributed by atoms with Crippen LogP contribution in [0.25, 0.3) is 0 Å². The third-order valence-electron chi connectivity index (χ3n) is 1.21. The monoisotopic (exact) mass is 171 g/mol. The summed E-state index contributed by atoms with van der Waals surface area (Å²) in [7, 11) is 0. The molecule has 0 rings (SSSR count). The Labute approximate surface area is 73.2 Å². The first-order valence-corrected chi connectivity index (χ1v) is 4.03. The van der Waals surface area contributed by atoms with Crippen molar-refractivity contribution in [1.82, 2.24) is 5.32 Å². The van der Waals surface area contributed by atoms with E-state index in [2.05, 4.69) is 10.3 Å². The minimum absolute atomic E-state index is 0.0881. The van der Waals surface area contributed by atoms with Gasteiger partial charge in [0.1, 0.15) is 6.04 Å². The summed E-state index contributed by atoms with van der Waals surface area (Å²) < 4.78 is 0. The summed E-state index contributed by atoms with van der Waals surface area (Å²) in [5, 5.41) is 2.75. The summed E-state index contributed by atoms with van der Waals surface area (Å²) >= 11 is 0. The van der Waals surface area contributed by atoms with Crippen LogP contribution < -0.4 is 11.1 Å². The van der Waals surface area contributed by atoms with Gasteiger partial charge in [0, 0.05) is 6.04 Å². The minimum atomic E-state index is -0.391. The fourth-order valence-corrected chi connectivity index (χ4v) is 0.769. The van der Waals surface area contributed by atoms with Crippen LogP contribution >= 0.6 is 0 Å². The second-order valence-corrected chi connectivity index (χ2v) is 3.11. The van der Waals surface area contributed by atoms with Crippen LogP contribution in [0.2, 0.25) is 0 Å². The lowest BCUT2D eigenvalue weighted by Crippen LogP contribution is -2.37. The highest BCUT2D eigenvalue weighted by Gasteiger charge is 2.11. The van der Waals surface area contributed by atoms with E-state index in [9.17, 15) is 4.79 Å². The summed E-state index contributed by atoms with van der Waals surface area (Å²) in [5.41, 5.74) is 5.33. The second-order valence-electron chi connectivity index (χ2n) is 3.11. The number of nitrogens with zero attached hydrogens (tertiary/aromatic N) is 1. The Balaban J connectivity index is 4.02. The van der Waals surface area contributed by atoms with Crippen molar-refractivity contribution in [1.29, 1.82) is 0 Å². The van der Waals surface area contributed by atoms with E-state index in [0.717, 1.165) is 0 Å². The average molecular weight is 171 g/mol. The molecule has 1 amide bonds. The van der Waals surface area contributed by atoms with Crippen molar-refractivity contribution in [3.63, 3.8) is 0 Å². The number of aliphatic imine (C=N–C) groups is 1. The lowest BCUT2D eigenvalue weighted by Gasteiger charge is -2.11. The van der Waals surface area contributed by atoms with Crippen molar-refractivity contribution < 1.29 is 4.79 Å². The zero-order chi connectivity index (χ0) is 9.72. The highest BCUT2D eigenvalue weighted by Crippen LogP contribution is 1.90. The maximum atomic E-state index is 11.2. The standard InChI is InChI=1S/C8H17N3O/c1-5(2)10-8(12)6(3)11-7(4)9/h5-6H,1-4H3,(H2,9,11)(H,10,12). The molecule has 4 heteroatoms. The van der Waals surface area contributed by atoms with Crippen LogP contribution in [0.4, 0.5) is 0 Å². The fourth-order valence-electron chi connectivity index (χ4n) is 0.769. The Bertz CT molecular complexity index is 183. The minimum Gasteiger partial charge on any atom is -0.388 e. The molecule has 0 aromatic heterocycles. The van der Waals surface area contributed by atoms with Gasteiger partial charge in [-0.05, 0) is 27.7 Å². The molecule has 12 heavy (non-hydrogen) atoms. The Morgan fingerprint density at radius 3 is 2.25 bits per heavy atom. The molecule has 0 saturated carbocycles. The first-order valence-electron chi connectivity index (χ1n) is 4.03. The summed E-state index contributed by atoms with van der Waals surface area (Å²) in [4.78, 5) is 15.1. The van der Waals surface area contributed by atoms with Crippen molar-refractivity contribution >= 4 is 11.7 Å². The molecule has 0 aromatic carbocycles. The highest BCUT2D eigenvalue weighted by molar-refractivity contribution is 5.86. The maximum absolute atomic E-state index is 11.2. The number of carbonyl (C=O) groups is 1. The molecule has 0 heterocycles. The van der Waals surface area contributed by atoms with Gasteiger partial charge in [-0.15, -0.1) is 0 Å². The van der Waals surface area contributed by atoms with Gasteiger partial charge >= 0.3 is 0 Å². The Morgan fingerprint density at radius 2 is 1.92 bits per heavy atom. The molecule has 0 bridgehead atoms. The average Bonchev–Trinajstić information content (AvgIpc) is 1.84. The van der Waals surface area contributed by atoms with Gasteiger partial charge < -0.3 is 11.1 Å². The first-order chi connectivity index (χ1) is 5.43. The number of nitrogens with one attached hydrogen (secondary N) is 1. The fraction of sp³-hybridized carbons (Fsp3) is 0.750. The summed E-state index contributed by atoms with van der Waals surface area (Å²) in [5.74, 6) is 0.344. The van der Waals surface area contributed by atoms with Crippen molar-refractivity contribution in [2.24, 2.45) is 10.7 Å². The Hall–Kier alpha value is -1.06. The first kappa shape index (κ1) is 10.9. The van der Waals surface area contributed by atoms with Gasteiger partial charge in [-0.3, -0.25) is 9.79 Å². The van der Waals surface area contributed by atoms with Crippen LogP contribution in [0, 0.1) is 0 Å². The van der Waals surface area contributed by atoms with Crippen molar-refractivity contribution in [3.8, 4) is 0 Å². The van der Waals surface area contributed by atoms with Crippen molar-refractivity contribution in [3.05, 3.63) is 0 Å². The van der Waals surface area contributed by atoms with E-state index in [-0.39, 0.29) is 11.9 Å². The molecule has 0 spiro atoms. The van der Waals surface area contributed by atoms with E-state index in [1.165, 1.54) is 0 Å². The van der Waals surface area contributed by atoms with Gasteiger partial charge in [0.25, 0.3) is 0 Å². The molecular formula is C8H17N3O. The van der Waals surface area contributed by atoms with E-state index in [1.54, 1.807) is 13.8 Å². The number of nitrogens with two attached hydrogens (primary N) is 1. The van der Waals surface area contributed by atoms with Crippen molar-refractivity contribution in [2.45, 2.75) is 39.8 Å². The third-order valence-corrected chi connectivity index (χ3v) is 1.21. The molecule has 3 N–H and O–H groups in total. The molecule has 0 aliphatic heterocycles. The third kappa shape index (κ3) is 4.71. The van der Waals surface area contributed by atoms with Crippen LogP contribution in [0.3, 0.4) is 0 Å². The number of carbonyl (C=O) groups excluding carboxylic acids is 1. The van der Waals surface area contributed by atoms with Crippen LogP contribution in [0.5, 0.6) is 0 Å². The summed E-state index contributed by atoms with van der Waals surface area (Å²) in [6.07, 6.45) is 0. The molecule has 0 radical (unpaired) electrons. The molecular weight excluding hydrogens is 154 g/mol. The molecule has 1 atom stereocenters. The lowest BCUT2D eigenvalue weighted by atomic mass is 10.3. The molecule has 70 valence electrons. The van der Waals surface area contributed by atoms with E-state index < -0.39 is 6.04 Å². The summed E-state index contributed by atoms with van der Waals surface area (Å²) in [6.45, 7) is 7.19. The van der Waals surface area contributed by atoms with Crippen LogP contribution in [0.1, 0.15) is 27.7 Å². The number of rotatable bonds is 3. The number of hydrogen-bond acceptors (Lipinski definition) is 2. The van der Waals surface area contributed by atoms with Gasteiger partial charge in [0.05, 0.1) is 5.84 Å². The van der Waals surface area contributed by atoms with Gasteiger partial charge in [-0.2, -0.15) is 0 Å². The zero-order valence-corrected chi connectivity index (χ0v) is 8.09. The van der Waals surface area contributed by atoms with Gasteiger partial charge in [-0.1, -0.05) is 0 Å². The van der Waals surface area contributed by atoms with E-state index in [4.69, 9.17) is 5.73 Å². The predicted octanol–water partition coefficient (Wildman–Crippen LogP) is 0.277. The number of amidine groups is 1. The van der Waals surface area contributed by atoms with Gasteiger partial charge in [0.15, 0.2) is 0 Å². The van der Waals surface area contributed by atoms with E-state index in [1.807, 2.05) is 13.8 Å². The normalized spacial score (nSPS) is 14.6. The van der Waals surface area contributed by atoms with Crippen LogP contribution in [-0.2, 0) is 4.79 Å². The molecule has 0 aromatic rings. The van der Waals surface area contributed by atoms with Crippen LogP contribution in [-0.4, -0.2) is 23.8 Å². The maximum Gasteiger partial charge on any atom is 0.244 e. The molecule has 0 fully saturated rings. The van der Waals surface area contributed by atoms with E-state index >= 15 is 0 Å². The molecule has 0 saturated heterocycles. The second kappa shape index (κ2) is 4.74. The summed E-state index contributed by atoms with van der Waals surface area (Å²) in [6, 6.07) is -0.245. The highest BCUT2D eigenvalue weighted by atomic mass is 16.2. The number of hydrogen-bond donors (Lipinski definition) is 2. The Morgan fingerprint density at radius 1 is 1.42 bits per heavy atom. The smallest absolute Gasteiger partial charge is 0.244 e. The molecule has 0 aliphatic rings. The van der Waals surface area contributed by atoms with Crippen LogP contribution in [0.15, 0.2) is 4.99 Å². The SMILES string of the molecule is CC(N)=NC(C)C(=O)NC(C)C. The lowest BCUT2D eigenvalue weighted by molar-refractivity contribution is -0.122. The molecule has 1 unspecified atom stereocenters.